The molecule has 0 unspecified atom stereocenters. The number of hydrogen-bond acceptors (Lipinski definition) is 0. The zero-order valence-corrected chi connectivity index (χ0v) is 16.4. The number of aromatic nitrogens is 1. The minimum Gasteiger partial charge on any atom is -0.315 e. The Morgan fingerprint density at radius 1 is 0.833 bits per heavy atom. The predicted octanol–water partition coefficient (Wildman–Crippen LogP) is 7.67. The minimum atomic E-state index is -4.49. The molecular weight excluding hydrogens is 407 g/mol. The van der Waals surface area contributed by atoms with Gasteiger partial charge in [-0.2, -0.15) is 13.2 Å². The summed E-state index contributed by atoms with van der Waals surface area (Å²) in [6.07, 6.45) is -1.46. The Bertz CT molecular complexity index is 1330. The first-order valence-corrected chi connectivity index (χ1v) is 9.76. The van der Waals surface area contributed by atoms with Gasteiger partial charge in [-0.15, -0.1) is 0 Å². The first-order chi connectivity index (χ1) is 14.4. The van der Waals surface area contributed by atoms with Crippen LogP contribution in [0.25, 0.3) is 28.2 Å². The summed E-state index contributed by atoms with van der Waals surface area (Å²) in [6, 6.07) is 23.4. The van der Waals surface area contributed by atoms with Crippen LogP contribution in [-0.4, -0.2) is 10.7 Å². The molecule has 0 bridgehead atoms. The Morgan fingerprint density at radius 2 is 1.57 bits per heavy atom. The van der Waals surface area contributed by atoms with E-state index < -0.39 is 11.7 Å². The SMILES string of the molecule is FC(F)(F)C1=Cc2ccccc2/C1=C(\c1ccccc1)n1ccc2cc(Cl)ccc21. The van der Waals surface area contributed by atoms with Crippen molar-refractivity contribution in [3.8, 4) is 0 Å². The molecule has 0 saturated heterocycles. The molecule has 5 heteroatoms. The van der Waals surface area contributed by atoms with Crippen molar-refractivity contribution in [1.29, 1.82) is 0 Å². The third kappa shape index (κ3) is 3.04. The van der Waals surface area contributed by atoms with Gasteiger partial charge < -0.3 is 4.57 Å². The lowest BCUT2D eigenvalue weighted by molar-refractivity contribution is -0.0859. The van der Waals surface area contributed by atoms with E-state index >= 15 is 0 Å². The van der Waals surface area contributed by atoms with E-state index in [1.165, 1.54) is 6.08 Å². The first kappa shape index (κ1) is 18.8. The fourth-order valence-electron chi connectivity index (χ4n) is 4.01. The van der Waals surface area contributed by atoms with Crippen LogP contribution in [0.3, 0.4) is 0 Å². The van der Waals surface area contributed by atoms with Crippen LogP contribution in [0, 0.1) is 0 Å². The Hall–Kier alpha value is -3.24. The summed E-state index contributed by atoms with van der Waals surface area (Å²) in [7, 11) is 0. The second-order valence-corrected chi connectivity index (χ2v) is 7.56. The highest BCUT2D eigenvalue weighted by atomic mass is 35.5. The van der Waals surface area contributed by atoms with Gasteiger partial charge in [0.25, 0.3) is 0 Å². The summed E-state index contributed by atoms with van der Waals surface area (Å²) in [5, 5.41) is 1.44. The molecule has 1 aliphatic rings. The Balaban J connectivity index is 1.91. The van der Waals surface area contributed by atoms with Crippen LogP contribution in [0.2, 0.25) is 5.02 Å². The van der Waals surface area contributed by atoms with E-state index in [9.17, 15) is 13.2 Å². The maximum atomic E-state index is 14.1. The molecule has 4 aromatic rings. The van der Waals surface area contributed by atoms with Crippen molar-refractivity contribution in [3.05, 3.63) is 112 Å². The molecule has 1 aliphatic carbocycles. The molecule has 0 radical (unpaired) electrons. The maximum Gasteiger partial charge on any atom is 0.417 e. The van der Waals surface area contributed by atoms with Crippen molar-refractivity contribution in [1.82, 2.24) is 4.57 Å². The molecule has 1 aromatic heterocycles. The highest BCUT2D eigenvalue weighted by Crippen LogP contribution is 2.48. The number of nitrogens with zero attached hydrogens (tertiary/aromatic N) is 1. The molecule has 0 saturated carbocycles. The van der Waals surface area contributed by atoms with E-state index in [1.54, 1.807) is 36.5 Å². The number of alkyl halides is 3. The molecule has 0 spiro atoms. The van der Waals surface area contributed by atoms with Gasteiger partial charge in [-0.05, 0) is 47.0 Å². The molecule has 1 nitrogen and oxygen atoms in total. The highest BCUT2D eigenvalue weighted by Gasteiger charge is 2.41. The third-order valence-electron chi connectivity index (χ3n) is 5.28. The first-order valence-electron chi connectivity index (χ1n) is 9.39. The molecule has 0 N–H and O–H groups in total. The lowest BCUT2D eigenvalue weighted by Crippen LogP contribution is -2.13. The second kappa shape index (κ2) is 6.92. The molecule has 3 aromatic carbocycles. The number of benzene rings is 3. The van der Waals surface area contributed by atoms with Gasteiger partial charge in [-0.1, -0.05) is 66.2 Å². The summed E-state index contributed by atoms with van der Waals surface area (Å²) in [6.45, 7) is 0. The molecule has 30 heavy (non-hydrogen) atoms. The largest absolute Gasteiger partial charge is 0.417 e. The van der Waals surface area contributed by atoms with Gasteiger partial charge in [0.15, 0.2) is 0 Å². The Kier molecular flexibility index (Phi) is 4.33. The Labute approximate surface area is 176 Å². The van der Waals surface area contributed by atoms with Gasteiger partial charge in [-0.25, -0.2) is 0 Å². The van der Waals surface area contributed by atoms with Gasteiger partial charge in [0.05, 0.1) is 16.8 Å². The average Bonchev–Trinajstić information content (AvgIpc) is 3.31. The van der Waals surface area contributed by atoms with Gasteiger partial charge in [0.2, 0.25) is 0 Å². The molecule has 148 valence electrons. The zero-order chi connectivity index (χ0) is 20.9. The van der Waals surface area contributed by atoms with Crippen LogP contribution in [0.1, 0.15) is 16.7 Å². The highest BCUT2D eigenvalue weighted by molar-refractivity contribution is 6.31. The quantitative estimate of drug-likeness (QED) is 0.313. The molecule has 1 heterocycles. The molecular formula is C25H15ClF3N. The standard InChI is InChI=1S/C25H15ClF3N/c26-19-10-11-22-18(14-19)12-13-30(22)24(16-6-2-1-3-7-16)23-20-9-5-4-8-17(20)15-21(23)25(27,28)29/h1-15H/b24-23-. The van der Waals surface area contributed by atoms with Crippen molar-refractivity contribution >= 4 is 39.9 Å². The van der Waals surface area contributed by atoms with Crippen LogP contribution in [0.5, 0.6) is 0 Å². The Morgan fingerprint density at radius 3 is 2.33 bits per heavy atom. The third-order valence-corrected chi connectivity index (χ3v) is 5.52. The molecule has 0 aliphatic heterocycles. The van der Waals surface area contributed by atoms with Gasteiger partial charge in [0.1, 0.15) is 0 Å². The summed E-state index contributed by atoms with van der Waals surface area (Å²) < 4.78 is 44.2. The summed E-state index contributed by atoms with van der Waals surface area (Å²) in [5.74, 6) is 0. The van der Waals surface area contributed by atoms with E-state index in [4.69, 9.17) is 11.6 Å². The smallest absolute Gasteiger partial charge is 0.315 e. The van der Waals surface area contributed by atoms with E-state index in [0.717, 1.165) is 10.9 Å². The van der Waals surface area contributed by atoms with E-state index in [-0.39, 0.29) is 5.57 Å². The lowest BCUT2D eigenvalue weighted by Gasteiger charge is -2.20. The monoisotopic (exact) mass is 421 g/mol. The maximum absolute atomic E-state index is 14.1. The van der Waals surface area contributed by atoms with Crippen LogP contribution in [0.4, 0.5) is 13.2 Å². The topological polar surface area (TPSA) is 4.93 Å². The summed E-state index contributed by atoms with van der Waals surface area (Å²) in [5.41, 5.74) is 2.65. The van der Waals surface area contributed by atoms with Gasteiger partial charge in [0, 0.05) is 22.2 Å². The van der Waals surface area contributed by atoms with Crippen molar-refractivity contribution in [2.75, 3.05) is 0 Å². The number of hydrogen-bond donors (Lipinski definition) is 0. The normalized spacial score (nSPS) is 15.3. The van der Waals surface area contributed by atoms with Crippen LogP contribution in [0.15, 0.2) is 90.6 Å². The molecule has 5 rings (SSSR count). The van der Waals surface area contributed by atoms with Crippen LogP contribution < -0.4 is 0 Å². The van der Waals surface area contributed by atoms with Crippen LogP contribution >= 0.6 is 11.6 Å². The lowest BCUT2D eigenvalue weighted by atomic mass is 9.96. The number of rotatable bonds is 2. The second-order valence-electron chi connectivity index (χ2n) is 7.12. The van der Waals surface area contributed by atoms with E-state index in [1.807, 2.05) is 53.1 Å². The molecule has 0 fully saturated rings. The van der Waals surface area contributed by atoms with Crippen molar-refractivity contribution < 1.29 is 13.2 Å². The number of halogens is 4. The fourth-order valence-corrected chi connectivity index (χ4v) is 4.19. The van der Waals surface area contributed by atoms with Crippen LogP contribution in [-0.2, 0) is 0 Å². The predicted molar refractivity (Wildman–Crippen MR) is 116 cm³/mol. The summed E-state index contributed by atoms with van der Waals surface area (Å²) >= 11 is 6.12. The van der Waals surface area contributed by atoms with Crippen molar-refractivity contribution in [2.45, 2.75) is 6.18 Å². The van der Waals surface area contributed by atoms with Crippen molar-refractivity contribution in [2.24, 2.45) is 0 Å². The molecule has 0 atom stereocenters. The van der Waals surface area contributed by atoms with Gasteiger partial charge >= 0.3 is 6.18 Å². The number of fused-ring (bicyclic) bond motifs is 2. The average molecular weight is 422 g/mol. The van der Waals surface area contributed by atoms with Crippen molar-refractivity contribution in [3.63, 3.8) is 0 Å². The summed E-state index contributed by atoms with van der Waals surface area (Å²) in [4.78, 5) is 0. The fraction of sp³-hybridized carbons (Fsp3) is 0.0400. The molecule has 0 amide bonds. The van der Waals surface area contributed by atoms with E-state index in [0.29, 0.717) is 27.4 Å². The number of allylic oxidation sites excluding steroid dienone is 2. The minimum absolute atomic E-state index is 0.178. The van der Waals surface area contributed by atoms with Gasteiger partial charge in [-0.3, -0.25) is 0 Å². The van der Waals surface area contributed by atoms with E-state index in [2.05, 4.69) is 0 Å². The zero-order valence-electron chi connectivity index (χ0n) is 15.6.